The van der Waals surface area contributed by atoms with Crippen LogP contribution in [0.1, 0.15) is 21.5 Å². The second-order valence-corrected chi connectivity index (χ2v) is 9.38. The van der Waals surface area contributed by atoms with E-state index < -0.39 is 7.81 Å². The average Bonchev–Trinajstić information content (AvgIpc) is 2.68. The van der Waals surface area contributed by atoms with Crippen LogP contribution in [0.2, 0.25) is 0 Å². The fraction of sp³-hybridized carbons (Fsp3) is 0.0952. The molecule has 168 valence electrons. The van der Waals surface area contributed by atoms with E-state index in [0.29, 0.717) is 11.3 Å². The van der Waals surface area contributed by atoms with E-state index in [1.807, 2.05) is 48.5 Å². The third-order valence-corrected chi connectivity index (χ3v) is 4.75. The molecule has 2 nitrogen and oxygen atoms in total. The maximum Gasteiger partial charge on any atom is 0.343 e. The fourth-order valence-corrected chi connectivity index (χ4v) is 3.35. The fourth-order valence-electron chi connectivity index (χ4n) is 2.30. The Kier molecular flexibility index (Phi) is 7.44. The molecule has 0 N–H and O–H groups in total. The van der Waals surface area contributed by atoms with Crippen LogP contribution in [0.15, 0.2) is 84.9 Å². The van der Waals surface area contributed by atoms with Gasteiger partial charge >= 0.3 is 39.0 Å². The summed E-state index contributed by atoms with van der Waals surface area (Å²) >= 11 is 1.36. The zero-order valence-corrected chi connectivity index (χ0v) is 17.8. The van der Waals surface area contributed by atoms with Gasteiger partial charge in [0.05, 0.1) is 5.56 Å². The molecule has 0 saturated carbocycles. The van der Waals surface area contributed by atoms with Crippen LogP contribution in [0, 0.1) is 0 Å². The monoisotopic (exact) mass is 480 g/mol. The van der Waals surface area contributed by atoms with Crippen molar-refractivity contribution in [3.8, 4) is 5.75 Å². The number of ether oxygens (including phenoxy) is 1. The van der Waals surface area contributed by atoms with Crippen molar-refractivity contribution >= 4 is 25.5 Å². The van der Waals surface area contributed by atoms with E-state index in [-0.39, 0.29) is 5.97 Å². The van der Waals surface area contributed by atoms with E-state index in [0.717, 1.165) is 11.5 Å². The van der Waals surface area contributed by atoms with Crippen LogP contribution in [0.25, 0.3) is 0 Å². The zero-order valence-electron chi connectivity index (χ0n) is 16.0. The van der Waals surface area contributed by atoms with Crippen LogP contribution in [-0.2, 0) is 23.3 Å². The molecular weight excluding hydrogens is 461 g/mol. The first-order chi connectivity index (χ1) is 14.3. The van der Waals surface area contributed by atoms with Gasteiger partial charge in [0.15, 0.2) is 0 Å². The van der Waals surface area contributed by atoms with Crippen LogP contribution >= 0.6 is 7.81 Å². The molecule has 0 spiro atoms. The first-order valence-corrected chi connectivity index (χ1v) is 12.2. The number of thiol groups is 1. The zero-order chi connectivity index (χ0) is 23.0. The maximum atomic E-state index is 12.0. The SMILES string of the molecule is F[P-](F)(F)(F)(F)F.O=C(Oc1ccc(C[SH+]Cc2ccccc2)cc1)c1ccccc1. The van der Waals surface area contributed by atoms with Crippen molar-refractivity contribution in [3.63, 3.8) is 0 Å². The number of carbonyl (C=O) groups is 1. The Balaban J connectivity index is 0.000000423. The number of carbonyl (C=O) groups excluding carboxylic acids is 1. The second-order valence-electron chi connectivity index (χ2n) is 6.38. The summed E-state index contributed by atoms with van der Waals surface area (Å²) in [6.45, 7) is 0. The summed E-state index contributed by atoms with van der Waals surface area (Å²) in [6, 6.07) is 27.3. The van der Waals surface area contributed by atoms with E-state index >= 15 is 0 Å². The molecule has 0 radical (unpaired) electrons. The topological polar surface area (TPSA) is 26.3 Å². The molecule has 0 atom stereocenters. The third-order valence-electron chi connectivity index (χ3n) is 3.57. The smallest absolute Gasteiger partial charge is 0.343 e. The molecule has 3 aromatic carbocycles. The van der Waals surface area contributed by atoms with Crippen LogP contribution in [-0.4, -0.2) is 5.97 Å². The van der Waals surface area contributed by atoms with Crippen molar-refractivity contribution in [1.82, 2.24) is 0 Å². The first-order valence-electron chi connectivity index (χ1n) is 8.86. The van der Waals surface area contributed by atoms with Gasteiger partial charge < -0.3 is 4.74 Å². The quantitative estimate of drug-likeness (QED) is 0.0899. The Morgan fingerprint density at radius 2 is 1.10 bits per heavy atom. The maximum absolute atomic E-state index is 12.0. The Hall–Kier alpha value is -2.51. The van der Waals surface area contributed by atoms with Gasteiger partial charge in [-0.2, -0.15) is 0 Å². The van der Waals surface area contributed by atoms with Crippen LogP contribution in [0.4, 0.5) is 25.2 Å². The predicted molar refractivity (Wildman–Crippen MR) is 114 cm³/mol. The summed E-state index contributed by atoms with van der Waals surface area (Å²) in [4.78, 5) is 12.0. The van der Waals surface area contributed by atoms with Gasteiger partial charge in [-0.05, 0) is 36.0 Å². The summed E-state index contributed by atoms with van der Waals surface area (Å²) in [6.07, 6.45) is 0. The van der Waals surface area contributed by atoms with Crippen LogP contribution in [0.3, 0.4) is 0 Å². The Bertz CT molecular complexity index is 968. The van der Waals surface area contributed by atoms with Gasteiger partial charge in [-0.3, -0.25) is 0 Å². The molecular formula is C21H19F6O2PS. The molecule has 0 fully saturated rings. The van der Waals surface area contributed by atoms with E-state index in [4.69, 9.17) is 4.74 Å². The van der Waals surface area contributed by atoms with Crippen LogP contribution in [0.5, 0.6) is 5.75 Å². The Morgan fingerprint density at radius 3 is 1.58 bits per heavy atom. The molecule has 0 heterocycles. The molecule has 0 aliphatic heterocycles. The standard InChI is InChI=1S/C21H18O2S.F6P/c22-21(19-9-5-2-6-10-19)23-20-13-11-18(12-14-20)16-24-15-17-7-3-1-4-8-17;1-7(2,3,4,5)6/h1-14H,15-16H2;/q;-1/p+1. The largest absolute Gasteiger partial charge is 0.423 e. The minimum Gasteiger partial charge on any atom is -0.423 e. The van der Waals surface area contributed by atoms with Crippen molar-refractivity contribution in [1.29, 1.82) is 0 Å². The normalized spacial score (nSPS) is 13.2. The molecule has 0 aliphatic rings. The minimum absolute atomic E-state index is 0.328. The van der Waals surface area contributed by atoms with E-state index in [1.54, 1.807) is 12.1 Å². The first kappa shape index (κ1) is 24.8. The van der Waals surface area contributed by atoms with Gasteiger partial charge in [-0.15, -0.1) is 0 Å². The number of hydrogen-bond donors (Lipinski definition) is 0. The molecule has 31 heavy (non-hydrogen) atoms. The minimum atomic E-state index is -10.7. The molecule has 0 aromatic heterocycles. The average molecular weight is 480 g/mol. The van der Waals surface area contributed by atoms with Crippen molar-refractivity contribution in [2.24, 2.45) is 0 Å². The molecule has 0 unspecified atom stereocenters. The van der Waals surface area contributed by atoms with Crippen LogP contribution < -0.4 is 4.74 Å². The summed E-state index contributed by atoms with van der Waals surface area (Å²) < 4.78 is 64.6. The number of rotatable bonds is 6. The predicted octanol–water partition coefficient (Wildman–Crippen LogP) is 7.80. The number of esters is 1. The second kappa shape index (κ2) is 9.32. The summed E-state index contributed by atoms with van der Waals surface area (Å²) in [5, 5.41) is 0. The van der Waals surface area contributed by atoms with Gasteiger partial charge in [0, 0.05) is 11.1 Å². The Labute approximate surface area is 179 Å². The van der Waals surface area contributed by atoms with E-state index in [2.05, 4.69) is 24.3 Å². The molecule has 3 rings (SSSR count). The van der Waals surface area contributed by atoms with Gasteiger partial charge in [0.2, 0.25) is 0 Å². The molecule has 3 aromatic rings. The molecule has 0 aliphatic carbocycles. The number of hydrogen-bond acceptors (Lipinski definition) is 2. The van der Waals surface area contributed by atoms with Gasteiger partial charge in [-0.25, -0.2) is 4.79 Å². The van der Waals surface area contributed by atoms with Gasteiger partial charge in [0.1, 0.15) is 17.3 Å². The third kappa shape index (κ3) is 12.7. The summed E-state index contributed by atoms with van der Waals surface area (Å²) in [5.41, 5.74) is 3.16. The van der Waals surface area contributed by atoms with E-state index in [1.165, 1.54) is 22.9 Å². The Morgan fingerprint density at radius 1 is 0.677 bits per heavy atom. The molecule has 0 amide bonds. The van der Waals surface area contributed by atoms with Gasteiger partial charge in [0.25, 0.3) is 0 Å². The van der Waals surface area contributed by atoms with Gasteiger partial charge in [-0.1, -0.05) is 60.7 Å². The molecule has 0 bridgehead atoms. The van der Waals surface area contributed by atoms with Crippen molar-refractivity contribution in [2.75, 3.05) is 0 Å². The van der Waals surface area contributed by atoms with Crippen molar-refractivity contribution in [3.05, 3.63) is 102 Å². The number of benzene rings is 3. The number of halogens is 6. The molecule has 10 heteroatoms. The van der Waals surface area contributed by atoms with Crippen molar-refractivity contribution in [2.45, 2.75) is 11.5 Å². The summed E-state index contributed by atoms with van der Waals surface area (Å²) in [5.74, 6) is 2.28. The molecule has 0 saturated heterocycles. The summed E-state index contributed by atoms with van der Waals surface area (Å²) in [7, 11) is -10.7. The van der Waals surface area contributed by atoms with Crippen molar-refractivity contribution < 1.29 is 34.7 Å². The van der Waals surface area contributed by atoms with E-state index in [9.17, 15) is 30.0 Å².